The quantitative estimate of drug-likeness (QED) is 0.152. The number of carbonyl (C=O) groups excluding carboxylic acids is 1. The van der Waals surface area contributed by atoms with Gasteiger partial charge in [0.25, 0.3) is 5.91 Å². The van der Waals surface area contributed by atoms with Gasteiger partial charge in [-0.25, -0.2) is 4.39 Å². The monoisotopic (exact) mass is 590 g/mol. The summed E-state index contributed by atoms with van der Waals surface area (Å²) < 4.78 is 15.9. The first-order valence-corrected chi connectivity index (χ1v) is 14.3. The van der Waals surface area contributed by atoms with Crippen LogP contribution in [0.1, 0.15) is 80.2 Å². The van der Waals surface area contributed by atoms with Crippen LogP contribution >= 0.6 is 0 Å². The van der Waals surface area contributed by atoms with Crippen LogP contribution in [0.25, 0.3) is 11.1 Å². The molecule has 4 N–H and O–H groups in total. The van der Waals surface area contributed by atoms with Gasteiger partial charge in [0.05, 0.1) is 35.7 Å². The molecule has 230 valence electrons. The summed E-state index contributed by atoms with van der Waals surface area (Å²) in [4.78, 5) is 25.1. The number of nitrogens with zero attached hydrogens (tertiary/aromatic N) is 1. The maximum absolute atomic E-state index is 14.1. The van der Waals surface area contributed by atoms with Crippen molar-refractivity contribution in [2.45, 2.75) is 71.6 Å². The Bertz CT molecular complexity index is 1410. The molecule has 1 amide bonds. The number of hydrogen-bond acceptors (Lipinski definition) is 4. The number of carboxylic acids is 1. The predicted molar refractivity (Wildman–Crippen MR) is 172 cm³/mol. The number of rotatable bonds is 16. The Balaban J connectivity index is 2.92. The number of carboxylic acid groups (broad SMARTS) is 1. The van der Waals surface area contributed by atoms with E-state index in [-0.39, 0.29) is 31.2 Å². The van der Waals surface area contributed by atoms with Crippen LogP contribution in [0.3, 0.4) is 0 Å². The Morgan fingerprint density at radius 2 is 1.72 bits per heavy atom. The third-order valence-electron chi connectivity index (χ3n) is 6.75. The number of hydrogen-bond donors (Lipinski definition) is 4. The van der Waals surface area contributed by atoms with Crippen molar-refractivity contribution in [2.75, 3.05) is 5.32 Å². The molecule has 0 aliphatic heterocycles. The zero-order chi connectivity index (χ0) is 32.1. The molecule has 43 heavy (non-hydrogen) atoms. The summed E-state index contributed by atoms with van der Waals surface area (Å²) in [5.74, 6) is -2.07. The molecular weight excluding hydrogens is 547 g/mol. The van der Waals surface area contributed by atoms with Crippen molar-refractivity contribution < 1.29 is 29.3 Å². The Morgan fingerprint density at radius 1 is 1.05 bits per heavy atom. The number of nitrogens with one attached hydrogen (secondary N) is 1. The van der Waals surface area contributed by atoms with E-state index >= 15 is 0 Å². The minimum Gasteiger partial charge on any atom is -0.481 e. The average Bonchev–Trinajstić information content (AvgIpc) is 3.28. The lowest BCUT2D eigenvalue weighted by Crippen LogP contribution is -2.23. The zero-order valence-corrected chi connectivity index (χ0v) is 25.4. The summed E-state index contributed by atoms with van der Waals surface area (Å²) in [6.45, 7) is 15.1. The Labute approximate surface area is 253 Å². The van der Waals surface area contributed by atoms with Crippen molar-refractivity contribution in [1.29, 1.82) is 0 Å². The highest BCUT2D eigenvalue weighted by atomic mass is 19.1. The molecule has 7 nitrogen and oxygen atoms in total. The Kier molecular flexibility index (Phi) is 13.8. The van der Waals surface area contributed by atoms with Crippen molar-refractivity contribution >= 4 is 28.7 Å². The molecule has 2 atom stereocenters. The largest absolute Gasteiger partial charge is 0.481 e. The molecule has 0 radical (unpaired) electrons. The second-order valence-electron chi connectivity index (χ2n) is 10.5. The van der Waals surface area contributed by atoms with E-state index < -0.39 is 30.4 Å². The number of aromatic nitrogens is 1. The van der Waals surface area contributed by atoms with Gasteiger partial charge in [-0.3, -0.25) is 9.59 Å². The molecule has 1 aromatic heterocycles. The van der Waals surface area contributed by atoms with Crippen molar-refractivity contribution in [3.05, 3.63) is 114 Å². The second-order valence-corrected chi connectivity index (χ2v) is 10.5. The van der Waals surface area contributed by atoms with E-state index in [9.17, 15) is 24.2 Å². The molecule has 0 aliphatic carbocycles. The maximum atomic E-state index is 14.1. The SMILES string of the molecule is C=C/C=C\C(=C/C)c1c(C(=O)Nc2ccccc2)c(C(C)C)n(CCC(O)CC(O)CC(=O)O)c1/C(C=C)=C/C=C(\C)F. The summed E-state index contributed by atoms with van der Waals surface area (Å²) in [6, 6.07) is 9.09. The third kappa shape index (κ3) is 9.91. The van der Waals surface area contributed by atoms with Gasteiger partial charge >= 0.3 is 5.97 Å². The van der Waals surface area contributed by atoms with Gasteiger partial charge in [-0.15, -0.1) is 0 Å². The molecule has 0 saturated heterocycles. The highest BCUT2D eigenvalue weighted by molar-refractivity contribution is 6.11. The molecule has 2 rings (SSSR count). The van der Waals surface area contributed by atoms with Gasteiger partial charge in [-0.05, 0) is 62.0 Å². The number of allylic oxidation sites excluding steroid dienone is 10. The number of para-hydroxylation sites is 1. The lowest BCUT2D eigenvalue weighted by Gasteiger charge is -2.20. The number of benzene rings is 1. The van der Waals surface area contributed by atoms with Crippen molar-refractivity contribution in [3.63, 3.8) is 0 Å². The van der Waals surface area contributed by atoms with Crippen LogP contribution in [0, 0.1) is 0 Å². The van der Waals surface area contributed by atoms with Gasteiger partial charge in [0.2, 0.25) is 0 Å². The first-order chi connectivity index (χ1) is 20.4. The Hall–Kier alpha value is -4.27. The number of amides is 1. The van der Waals surface area contributed by atoms with Crippen LogP contribution in [-0.4, -0.2) is 44.0 Å². The smallest absolute Gasteiger partial charge is 0.305 e. The van der Waals surface area contributed by atoms with E-state index in [0.29, 0.717) is 33.8 Å². The predicted octanol–water partition coefficient (Wildman–Crippen LogP) is 7.43. The minimum atomic E-state index is -1.20. The summed E-state index contributed by atoms with van der Waals surface area (Å²) in [5, 5.41) is 32.9. The van der Waals surface area contributed by atoms with Crippen molar-refractivity contribution in [2.24, 2.45) is 0 Å². The molecule has 0 saturated carbocycles. The molecule has 0 fully saturated rings. The topological polar surface area (TPSA) is 112 Å². The summed E-state index contributed by atoms with van der Waals surface area (Å²) in [6.07, 6.45) is 8.97. The van der Waals surface area contributed by atoms with Gasteiger partial charge in [0.15, 0.2) is 0 Å². The van der Waals surface area contributed by atoms with Gasteiger partial charge in [-0.1, -0.05) is 81.7 Å². The van der Waals surface area contributed by atoms with Crippen LogP contribution in [0.5, 0.6) is 0 Å². The molecule has 0 bridgehead atoms. The highest BCUT2D eigenvalue weighted by Gasteiger charge is 2.31. The molecule has 1 heterocycles. The third-order valence-corrected chi connectivity index (χ3v) is 6.75. The number of aliphatic hydroxyl groups excluding tert-OH is 2. The zero-order valence-electron chi connectivity index (χ0n) is 25.4. The number of halogens is 1. The van der Waals surface area contributed by atoms with E-state index in [4.69, 9.17) is 5.11 Å². The van der Waals surface area contributed by atoms with E-state index in [0.717, 1.165) is 5.57 Å². The lowest BCUT2D eigenvalue weighted by atomic mass is 9.93. The average molecular weight is 591 g/mol. The van der Waals surface area contributed by atoms with Crippen LogP contribution < -0.4 is 5.32 Å². The van der Waals surface area contributed by atoms with Gasteiger partial charge in [0.1, 0.15) is 0 Å². The van der Waals surface area contributed by atoms with E-state index in [1.54, 1.807) is 36.4 Å². The van der Waals surface area contributed by atoms with Crippen molar-refractivity contribution in [1.82, 2.24) is 4.57 Å². The lowest BCUT2D eigenvalue weighted by molar-refractivity contribution is -0.139. The van der Waals surface area contributed by atoms with Crippen LogP contribution in [0.4, 0.5) is 10.1 Å². The van der Waals surface area contributed by atoms with E-state index in [1.807, 2.05) is 55.7 Å². The highest BCUT2D eigenvalue weighted by Crippen LogP contribution is 2.39. The van der Waals surface area contributed by atoms with E-state index in [2.05, 4.69) is 18.5 Å². The molecular formula is C35H43FN2O5. The fourth-order valence-corrected chi connectivity index (χ4v) is 4.93. The summed E-state index contributed by atoms with van der Waals surface area (Å²) in [5.41, 5.74) is 4.22. The van der Waals surface area contributed by atoms with Crippen LogP contribution in [0.15, 0.2) is 91.8 Å². The molecule has 8 heteroatoms. The summed E-state index contributed by atoms with van der Waals surface area (Å²) >= 11 is 0. The number of aliphatic carboxylic acids is 1. The number of anilines is 1. The first kappa shape index (κ1) is 34.9. The van der Waals surface area contributed by atoms with Crippen LogP contribution in [-0.2, 0) is 11.3 Å². The standard InChI is InChI=1S/C35H43FN2O5/c1-7-10-14-25(8-2)31-32(35(43)37-27-15-12-11-13-16-27)33(23(4)5)38(34(31)26(9-3)18-17-24(6)36)20-19-28(39)21-29(40)22-30(41)42/h7-18,23,28-29,39-40H,1,3,19-22H2,2,4-6H3,(H,37,43)(H,41,42)/b14-10-,24-17+,25-8+,26-18+. The molecule has 2 unspecified atom stereocenters. The Morgan fingerprint density at radius 3 is 2.26 bits per heavy atom. The van der Waals surface area contributed by atoms with Crippen molar-refractivity contribution in [3.8, 4) is 0 Å². The van der Waals surface area contributed by atoms with Gasteiger partial charge in [-0.2, -0.15) is 0 Å². The fraction of sp³-hybridized carbons (Fsp3) is 0.314. The van der Waals surface area contributed by atoms with Gasteiger partial charge in [0, 0.05) is 23.5 Å². The number of carbonyl (C=O) groups is 2. The first-order valence-electron chi connectivity index (χ1n) is 14.3. The van der Waals surface area contributed by atoms with E-state index in [1.165, 1.54) is 13.0 Å². The summed E-state index contributed by atoms with van der Waals surface area (Å²) in [7, 11) is 0. The molecule has 1 aromatic carbocycles. The van der Waals surface area contributed by atoms with Crippen LogP contribution in [0.2, 0.25) is 0 Å². The normalized spacial score (nSPS) is 14.2. The maximum Gasteiger partial charge on any atom is 0.305 e. The minimum absolute atomic E-state index is 0.121. The fourth-order valence-electron chi connectivity index (χ4n) is 4.93. The van der Waals surface area contributed by atoms with Gasteiger partial charge < -0.3 is 25.2 Å². The molecule has 2 aromatic rings. The molecule has 0 spiro atoms. The second kappa shape index (κ2) is 17.0. The molecule has 0 aliphatic rings. The number of aliphatic hydroxyl groups is 2.